The first-order chi connectivity index (χ1) is 9.13. The minimum absolute atomic E-state index is 0.0232. The molecule has 1 aromatic carbocycles. The van der Waals surface area contributed by atoms with E-state index in [0.717, 1.165) is 5.39 Å². The largest absolute Gasteiger partial charge is 0.475 e. The van der Waals surface area contributed by atoms with Gasteiger partial charge in [-0.1, -0.05) is 18.2 Å². The quantitative estimate of drug-likeness (QED) is 0.742. The van der Waals surface area contributed by atoms with E-state index < -0.39 is 5.97 Å². The van der Waals surface area contributed by atoms with Gasteiger partial charge in [0.2, 0.25) is 5.76 Å². The molecule has 1 unspecified atom stereocenters. The van der Waals surface area contributed by atoms with Crippen molar-refractivity contribution in [1.29, 1.82) is 0 Å². The molecule has 5 heteroatoms. The number of benzene rings is 1. The molecule has 19 heavy (non-hydrogen) atoms. The Morgan fingerprint density at radius 1 is 1.42 bits per heavy atom. The lowest BCUT2D eigenvalue weighted by molar-refractivity contribution is 0.0663. The van der Waals surface area contributed by atoms with Crippen LogP contribution in [-0.2, 0) is 6.54 Å². The van der Waals surface area contributed by atoms with Crippen LogP contribution in [0.25, 0.3) is 11.0 Å². The highest BCUT2D eigenvalue weighted by Crippen LogP contribution is 2.25. The molecule has 0 spiro atoms. The Kier molecular flexibility index (Phi) is 4.19. The van der Waals surface area contributed by atoms with Gasteiger partial charge in [-0.25, -0.2) is 4.79 Å². The first-order valence-corrected chi connectivity index (χ1v) is 6.21. The molecule has 0 bridgehead atoms. The van der Waals surface area contributed by atoms with Crippen LogP contribution in [0, 0.1) is 0 Å². The molecule has 1 heterocycles. The number of aromatic carboxylic acids is 1. The number of hydrogen-bond acceptors (Lipinski definition) is 4. The van der Waals surface area contributed by atoms with Gasteiger partial charge in [-0.05, 0) is 19.4 Å². The van der Waals surface area contributed by atoms with Crippen LogP contribution in [0.1, 0.15) is 29.5 Å². The Hall–Kier alpha value is -1.85. The van der Waals surface area contributed by atoms with Crippen LogP contribution < -0.4 is 5.32 Å². The van der Waals surface area contributed by atoms with Crippen molar-refractivity contribution in [3.8, 4) is 0 Å². The number of aliphatic hydroxyl groups is 1. The highest BCUT2D eigenvalue weighted by molar-refractivity contribution is 5.95. The summed E-state index contributed by atoms with van der Waals surface area (Å²) in [5.41, 5.74) is 1.22. The van der Waals surface area contributed by atoms with Gasteiger partial charge in [0, 0.05) is 30.1 Å². The van der Waals surface area contributed by atoms with Crippen molar-refractivity contribution in [1.82, 2.24) is 5.32 Å². The molecule has 1 atom stereocenters. The van der Waals surface area contributed by atoms with E-state index >= 15 is 0 Å². The monoisotopic (exact) mass is 263 g/mol. The molecule has 5 nitrogen and oxygen atoms in total. The Balaban J connectivity index is 2.29. The average molecular weight is 263 g/mol. The summed E-state index contributed by atoms with van der Waals surface area (Å²) >= 11 is 0. The van der Waals surface area contributed by atoms with E-state index in [1.807, 2.05) is 25.1 Å². The van der Waals surface area contributed by atoms with Crippen molar-refractivity contribution in [2.45, 2.75) is 25.9 Å². The van der Waals surface area contributed by atoms with Crippen LogP contribution in [0.5, 0.6) is 0 Å². The zero-order valence-corrected chi connectivity index (χ0v) is 10.7. The number of carbonyl (C=O) groups is 1. The summed E-state index contributed by atoms with van der Waals surface area (Å²) in [6.07, 6.45) is 0.623. The Labute approximate surface area is 110 Å². The minimum Gasteiger partial charge on any atom is -0.475 e. The fourth-order valence-corrected chi connectivity index (χ4v) is 2.02. The number of carboxylic acid groups (broad SMARTS) is 1. The van der Waals surface area contributed by atoms with E-state index in [1.54, 1.807) is 6.07 Å². The molecule has 2 aromatic rings. The van der Waals surface area contributed by atoms with Crippen LogP contribution in [0.4, 0.5) is 0 Å². The van der Waals surface area contributed by atoms with E-state index in [-0.39, 0.29) is 18.4 Å². The summed E-state index contributed by atoms with van der Waals surface area (Å²) in [6, 6.07) is 7.37. The van der Waals surface area contributed by atoms with Crippen molar-refractivity contribution in [2.24, 2.45) is 0 Å². The molecule has 0 radical (unpaired) electrons. The number of carboxylic acids is 1. The summed E-state index contributed by atoms with van der Waals surface area (Å²) < 4.78 is 5.36. The van der Waals surface area contributed by atoms with E-state index in [4.69, 9.17) is 9.52 Å². The molecular weight excluding hydrogens is 246 g/mol. The van der Waals surface area contributed by atoms with Gasteiger partial charge < -0.3 is 19.9 Å². The fourth-order valence-electron chi connectivity index (χ4n) is 2.02. The van der Waals surface area contributed by atoms with Gasteiger partial charge in [0.05, 0.1) is 0 Å². The second-order valence-corrected chi connectivity index (χ2v) is 4.51. The molecule has 0 amide bonds. The molecule has 0 saturated heterocycles. The maximum absolute atomic E-state index is 11.2. The van der Waals surface area contributed by atoms with E-state index in [1.165, 1.54) is 0 Å². The van der Waals surface area contributed by atoms with Gasteiger partial charge >= 0.3 is 5.97 Å². The zero-order chi connectivity index (χ0) is 13.8. The van der Waals surface area contributed by atoms with Gasteiger partial charge in [-0.3, -0.25) is 0 Å². The Morgan fingerprint density at radius 2 is 2.16 bits per heavy atom. The topological polar surface area (TPSA) is 82.7 Å². The van der Waals surface area contributed by atoms with Gasteiger partial charge in [-0.2, -0.15) is 0 Å². The summed E-state index contributed by atoms with van der Waals surface area (Å²) in [4.78, 5) is 11.2. The lowest BCUT2D eigenvalue weighted by Crippen LogP contribution is -2.26. The predicted octanol–water partition coefficient (Wildman–Crippen LogP) is 1.99. The summed E-state index contributed by atoms with van der Waals surface area (Å²) in [5, 5.41) is 22.0. The summed E-state index contributed by atoms with van der Waals surface area (Å²) in [5.74, 6) is -1.09. The van der Waals surface area contributed by atoms with Crippen LogP contribution in [0.2, 0.25) is 0 Å². The molecule has 0 aliphatic heterocycles. The lowest BCUT2D eigenvalue weighted by Gasteiger charge is -2.11. The van der Waals surface area contributed by atoms with Crippen LogP contribution in [0.15, 0.2) is 28.7 Å². The zero-order valence-electron chi connectivity index (χ0n) is 10.7. The minimum atomic E-state index is -1.07. The number of rotatable bonds is 6. The number of aliphatic hydroxyl groups excluding tert-OH is 1. The van der Waals surface area contributed by atoms with Crippen LogP contribution in [0.3, 0.4) is 0 Å². The number of fused-ring (bicyclic) bond motifs is 1. The third kappa shape index (κ3) is 2.94. The van der Waals surface area contributed by atoms with Gasteiger partial charge in [-0.15, -0.1) is 0 Å². The third-order valence-electron chi connectivity index (χ3n) is 3.08. The van der Waals surface area contributed by atoms with Crippen molar-refractivity contribution in [3.63, 3.8) is 0 Å². The van der Waals surface area contributed by atoms with E-state index in [0.29, 0.717) is 24.1 Å². The summed E-state index contributed by atoms with van der Waals surface area (Å²) in [7, 11) is 0. The molecule has 0 aliphatic carbocycles. The second-order valence-electron chi connectivity index (χ2n) is 4.51. The maximum Gasteiger partial charge on any atom is 0.372 e. The van der Waals surface area contributed by atoms with E-state index in [2.05, 4.69) is 5.32 Å². The lowest BCUT2D eigenvalue weighted by atomic mass is 10.1. The van der Waals surface area contributed by atoms with Gasteiger partial charge in [0.15, 0.2) is 0 Å². The highest BCUT2D eigenvalue weighted by Gasteiger charge is 2.19. The second kappa shape index (κ2) is 5.86. The Bertz CT molecular complexity index is 576. The molecule has 1 aromatic heterocycles. The molecule has 3 N–H and O–H groups in total. The molecule has 0 saturated carbocycles. The number of para-hydroxylation sites is 1. The van der Waals surface area contributed by atoms with Gasteiger partial charge in [0.1, 0.15) is 5.58 Å². The molecule has 0 fully saturated rings. The molecule has 0 aliphatic rings. The Morgan fingerprint density at radius 3 is 2.84 bits per heavy atom. The number of nitrogens with one attached hydrogen (secondary N) is 1. The number of hydrogen-bond donors (Lipinski definition) is 3. The van der Waals surface area contributed by atoms with Crippen molar-refractivity contribution >= 4 is 16.9 Å². The van der Waals surface area contributed by atoms with Crippen LogP contribution in [-0.4, -0.2) is 28.8 Å². The highest BCUT2D eigenvalue weighted by atomic mass is 16.4. The van der Waals surface area contributed by atoms with E-state index in [9.17, 15) is 9.90 Å². The summed E-state index contributed by atoms with van der Waals surface area (Å²) in [6.45, 7) is 2.45. The SMILES string of the molecule is CC(CCO)NCc1c(C(=O)O)oc2ccccc12. The first kappa shape index (κ1) is 13.6. The first-order valence-electron chi connectivity index (χ1n) is 6.21. The normalized spacial score (nSPS) is 12.7. The third-order valence-corrected chi connectivity index (χ3v) is 3.08. The smallest absolute Gasteiger partial charge is 0.372 e. The van der Waals surface area contributed by atoms with Crippen molar-refractivity contribution < 1.29 is 19.4 Å². The molecule has 102 valence electrons. The van der Waals surface area contributed by atoms with Crippen LogP contribution >= 0.6 is 0 Å². The number of furan rings is 1. The standard InChI is InChI=1S/C14H17NO4/c1-9(6-7-16)15-8-11-10-4-2-3-5-12(10)19-13(11)14(17)18/h2-5,9,15-16H,6-8H2,1H3,(H,17,18). The van der Waals surface area contributed by atoms with Crippen molar-refractivity contribution in [3.05, 3.63) is 35.6 Å². The fraction of sp³-hybridized carbons (Fsp3) is 0.357. The maximum atomic E-state index is 11.2. The van der Waals surface area contributed by atoms with Gasteiger partial charge in [0.25, 0.3) is 0 Å². The van der Waals surface area contributed by atoms with Crippen molar-refractivity contribution in [2.75, 3.05) is 6.61 Å². The average Bonchev–Trinajstić information content (AvgIpc) is 2.75. The predicted molar refractivity (Wildman–Crippen MR) is 71.2 cm³/mol. The molecular formula is C14H17NO4. The molecule has 2 rings (SSSR count).